The first-order valence-electron chi connectivity index (χ1n) is 5.93. The van der Waals surface area contributed by atoms with Crippen LogP contribution in [0.25, 0.3) is 0 Å². The van der Waals surface area contributed by atoms with Crippen molar-refractivity contribution in [3.63, 3.8) is 0 Å². The van der Waals surface area contributed by atoms with Gasteiger partial charge in [0.1, 0.15) is 13.2 Å². The molecule has 2 aromatic carbocycles. The summed E-state index contributed by atoms with van der Waals surface area (Å²) < 4.78 is 14.6. The van der Waals surface area contributed by atoms with Crippen molar-refractivity contribution in [3.05, 3.63) is 52.2 Å². The maximum absolute atomic E-state index is 6.14. The van der Waals surface area contributed by atoms with Crippen molar-refractivity contribution >= 4 is 86.9 Å². The van der Waals surface area contributed by atoms with E-state index in [1.807, 2.05) is 12.1 Å². The van der Waals surface area contributed by atoms with Gasteiger partial charge in [0.25, 0.3) is 0 Å². The lowest BCUT2D eigenvalue weighted by molar-refractivity contribution is 0.215. The van der Waals surface area contributed by atoms with Gasteiger partial charge in [0, 0.05) is 8.95 Å². The van der Waals surface area contributed by atoms with Crippen molar-refractivity contribution in [2.24, 2.45) is 0 Å². The Hall–Kier alpha value is 0.540. The fourth-order valence-corrected chi connectivity index (χ4v) is 5.34. The van der Waals surface area contributed by atoms with Gasteiger partial charge in [-0.3, -0.25) is 0 Å². The zero-order valence-corrected chi connectivity index (χ0v) is 18.7. The Morgan fingerprint density at radius 2 is 1.05 bits per heavy atom. The highest BCUT2D eigenvalue weighted by Gasteiger charge is 2.11. The highest BCUT2D eigenvalue weighted by atomic mass is 79.9. The standard InChI is InChI=1S/C14H8Br4Cl2O2/c15-7-3-9(17)13(11(19)5-7)21-1-2-22-14-10(18)4-8(16)6-12(14)20/h3-6H,1-2H2. The van der Waals surface area contributed by atoms with Crippen LogP contribution in [0.1, 0.15) is 0 Å². The summed E-state index contributed by atoms with van der Waals surface area (Å²) in [6, 6.07) is 7.27. The molecule has 0 N–H and O–H groups in total. The molecule has 22 heavy (non-hydrogen) atoms. The molecule has 2 rings (SSSR count). The lowest BCUT2D eigenvalue weighted by Gasteiger charge is -2.13. The molecule has 2 aromatic rings. The minimum atomic E-state index is 0.332. The molecule has 0 saturated heterocycles. The van der Waals surface area contributed by atoms with Crippen molar-refractivity contribution < 1.29 is 9.47 Å². The molecule has 0 aliphatic heterocycles. The summed E-state index contributed by atoms with van der Waals surface area (Å²) in [6.45, 7) is 0.664. The van der Waals surface area contributed by atoms with E-state index >= 15 is 0 Å². The molecule has 0 radical (unpaired) electrons. The van der Waals surface area contributed by atoms with Gasteiger partial charge in [-0.15, -0.1) is 0 Å². The van der Waals surface area contributed by atoms with Crippen LogP contribution in [0.5, 0.6) is 11.5 Å². The zero-order valence-electron chi connectivity index (χ0n) is 10.8. The van der Waals surface area contributed by atoms with E-state index in [1.165, 1.54) is 0 Å². The van der Waals surface area contributed by atoms with E-state index in [2.05, 4.69) is 63.7 Å². The van der Waals surface area contributed by atoms with Crippen molar-refractivity contribution in [3.8, 4) is 11.5 Å². The smallest absolute Gasteiger partial charge is 0.152 e. The van der Waals surface area contributed by atoms with E-state index in [1.54, 1.807) is 12.1 Å². The summed E-state index contributed by atoms with van der Waals surface area (Å²) in [6.07, 6.45) is 0. The van der Waals surface area contributed by atoms with E-state index in [-0.39, 0.29) is 0 Å². The van der Waals surface area contributed by atoms with Crippen LogP contribution >= 0.6 is 86.9 Å². The monoisotopic (exact) mass is 594 g/mol. The van der Waals surface area contributed by atoms with Gasteiger partial charge in [-0.25, -0.2) is 0 Å². The number of benzene rings is 2. The average Bonchev–Trinajstić information content (AvgIpc) is 2.38. The Bertz CT molecular complexity index is 589. The lowest BCUT2D eigenvalue weighted by Crippen LogP contribution is -2.10. The van der Waals surface area contributed by atoms with Gasteiger partial charge in [-0.05, 0) is 56.1 Å². The van der Waals surface area contributed by atoms with E-state index in [0.29, 0.717) is 34.8 Å². The molecule has 0 aromatic heterocycles. The van der Waals surface area contributed by atoms with Gasteiger partial charge in [0.05, 0.1) is 19.0 Å². The van der Waals surface area contributed by atoms with Gasteiger partial charge in [0.15, 0.2) is 11.5 Å². The van der Waals surface area contributed by atoms with Gasteiger partial charge < -0.3 is 9.47 Å². The summed E-state index contributed by atoms with van der Waals surface area (Å²) >= 11 is 25.8. The maximum Gasteiger partial charge on any atom is 0.152 e. The first-order valence-corrected chi connectivity index (χ1v) is 9.86. The van der Waals surface area contributed by atoms with Crippen molar-refractivity contribution in [2.75, 3.05) is 13.2 Å². The molecule has 0 heterocycles. The van der Waals surface area contributed by atoms with Crippen LogP contribution in [0.3, 0.4) is 0 Å². The SMILES string of the molecule is Clc1cc(Br)cc(Br)c1OCCOc1c(Cl)cc(Br)cc1Br. The number of halogens is 6. The molecule has 0 atom stereocenters. The first kappa shape index (κ1) is 18.9. The average molecular weight is 599 g/mol. The van der Waals surface area contributed by atoms with E-state index in [0.717, 1.165) is 17.9 Å². The number of hydrogen-bond donors (Lipinski definition) is 0. The van der Waals surface area contributed by atoms with Crippen LogP contribution in [0.2, 0.25) is 10.0 Å². The van der Waals surface area contributed by atoms with Crippen LogP contribution < -0.4 is 9.47 Å². The molecule has 0 unspecified atom stereocenters. The Morgan fingerprint density at radius 1 is 0.682 bits per heavy atom. The third kappa shape index (κ3) is 5.02. The van der Waals surface area contributed by atoms with E-state index in [9.17, 15) is 0 Å². The highest BCUT2D eigenvalue weighted by Crippen LogP contribution is 2.37. The van der Waals surface area contributed by atoms with Gasteiger partial charge in [-0.2, -0.15) is 0 Å². The molecular weight excluding hydrogens is 591 g/mol. The van der Waals surface area contributed by atoms with Crippen molar-refractivity contribution in [1.29, 1.82) is 0 Å². The summed E-state index contributed by atoms with van der Waals surface area (Å²) in [5, 5.41) is 1.04. The van der Waals surface area contributed by atoms with Crippen molar-refractivity contribution in [2.45, 2.75) is 0 Å². The third-order valence-electron chi connectivity index (χ3n) is 2.50. The molecule has 0 aliphatic rings. The molecular formula is C14H8Br4Cl2O2. The number of rotatable bonds is 5. The van der Waals surface area contributed by atoms with Crippen LogP contribution in [-0.2, 0) is 0 Å². The van der Waals surface area contributed by atoms with Crippen LogP contribution in [0, 0.1) is 0 Å². The highest BCUT2D eigenvalue weighted by molar-refractivity contribution is 9.11. The summed E-state index contributed by atoms with van der Waals surface area (Å²) in [5.41, 5.74) is 0. The second kappa shape index (κ2) is 8.58. The molecule has 118 valence electrons. The molecule has 0 saturated carbocycles. The van der Waals surface area contributed by atoms with E-state index in [4.69, 9.17) is 32.7 Å². The molecule has 0 aliphatic carbocycles. The zero-order chi connectivity index (χ0) is 16.3. The minimum absolute atomic E-state index is 0.332. The summed E-state index contributed by atoms with van der Waals surface area (Å²) in [4.78, 5) is 0. The largest absolute Gasteiger partial charge is 0.487 e. The normalized spacial score (nSPS) is 10.6. The summed E-state index contributed by atoms with van der Waals surface area (Å²) in [5.74, 6) is 1.16. The van der Waals surface area contributed by atoms with E-state index < -0.39 is 0 Å². The predicted octanol–water partition coefficient (Wildman–Crippen LogP) is 7.50. The quantitative estimate of drug-likeness (QED) is 0.332. The molecule has 8 heteroatoms. The third-order valence-corrected chi connectivity index (χ3v) is 5.16. The number of hydrogen-bond acceptors (Lipinski definition) is 2. The fraction of sp³-hybridized carbons (Fsp3) is 0.143. The fourth-order valence-electron chi connectivity index (χ4n) is 1.62. The molecule has 0 spiro atoms. The Kier molecular flexibility index (Phi) is 7.36. The van der Waals surface area contributed by atoms with Crippen LogP contribution in [0.4, 0.5) is 0 Å². The Labute approximate surface area is 172 Å². The molecule has 2 nitrogen and oxygen atoms in total. The Morgan fingerprint density at radius 3 is 1.36 bits per heavy atom. The van der Waals surface area contributed by atoms with Crippen LogP contribution in [0.15, 0.2) is 42.2 Å². The van der Waals surface area contributed by atoms with Gasteiger partial charge >= 0.3 is 0 Å². The van der Waals surface area contributed by atoms with Crippen LogP contribution in [-0.4, -0.2) is 13.2 Å². The topological polar surface area (TPSA) is 18.5 Å². The second-order valence-corrected chi connectivity index (χ2v) is 8.45. The second-order valence-electron chi connectivity index (χ2n) is 4.09. The molecule has 0 bridgehead atoms. The van der Waals surface area contributed by atoms with Gasteiger partial charge in [-0.1, -0.05) is 55.1 Å². The van der Waals surface area contributed by atoms with Gasteiger partial charge in [0.2, 0.25) is 0 Å². The summed E-state index contributed by atoms with van der Waals surface area (Å²) in [7, 11) is 0. The maximum atomic E-state index is 6.14. The van der Waals surface area contributed by atoms with Crippen molar-refractivity contribution in [1.82, 2.24) is 0 Å². The predicted molar refractivity (Wildman–Crippen MR) is 105 cm³/mol. The Balaban J connectivity index is 1.96. The molecule has 0 fully saturated rings. The number of ether oxygens (including phenoxy) is 2. The first-order chi connectivity index (χ1) is 10.4. The minimum Gasteiger partial charge on any atom is -0.487 e. The molecule has 0 amide bonds. The lowest BCUT2D eigenvalue weighted by atomic mass is 10.3.